The van der Waals surface area contributed by atoms with Gasteiger partial charge in [0.05, 0.1) is 0 Å². The molecular formula is C11H15ClN. The molecule has 0 aliphatic rings. The molecule has 0 amide bonds. The lowest BCUT2D eigenvalue weighted by atomic mass is 10.2. The molecule has 0 heterocycles. The van der Waals surface area contributed by atoms with Crippen LogP contribution in [0.1, 0.15) is 19.3 Å². The standard InChI is InChI=1S/C11H15ClN/c1-2-3-4-9-13-11-7-5-10(12)6-8-11/h5-8,13H,1-4,9H2. The summed E-state index contributed by atoms with van der Waals surface area (Å²) in [4.78, 5) is 0. The summed E-state index contributed by atoms with van der Waals surface area (Å²) in [5.74, 6) is 0. The first-order chi connectivity index (χ1) is 6.33. The molecule has 1 aromatic rings. The number of anilines is 1. The second kappa shape index (κ2) is 5.87. The van der Waals surface area contributed by atoms with Crippen LogP contribution in [0.2, 0.25) is 5.02 Å². The second-order valence-corrected chi connectivity index (χ2v) is 3.43. The number of nitrogens with one attached hydrogen (secondary N) is 1. The molecule has 1 nitrogen and oxygen atoms in total. The first-order valence-electron chi connectivity index (χ1n) is 4.61. The van der Waals surface area contributed by atoms with E-state index in [1.165, 1.54) is 12.8 Å². The van der Waals surface area contributed by atoms with Gasteiger partial charge in [-0.05, 0) is 30.7 Å². The minimum Gasteiger partial charge on any atom is -0.385 e. The number of rotatable bonds is 5. The predicted molar refractivity (Wildman–Crippen MR) is 59.1 cm³/mol. The molecule has 0 spiro atoms. The van der Waals surface area contributed by atoms with Gasteiger partial charge in [0.1, 0.15) is 0 Å². The molecule has 0 saturated carbocycles. The Balaban J connectivity index is 2.25. The van der Waals surface area contributed by atoms with E-state index in [0.717, 1.165) is 23.7 Å². The van der Waals surface area contributed by atoms with Gasteiger partial charge in [-0.2, -0.15) is 0 Å². The molecule has 1 rings (SSSR count). The number of halogens is 1. The van der Waals surface area contributed by atoms with E-state index >= 15 is 0 Å². The van der Waals surface area contributed by atoms with Crippen molar-refractivity contribution < 1.29 is 0 Å². The monoisotopic (exact) mass is 196 g/mol. The lowest BCUT2D eigenvalue weighted by Gasteiger charge is -2.04. The van der Waals surface area contributed by atoms with Crippen LogP contribution in [-0.4, -0.2) is 6.54 Å². The normalized spacial score (nSPS) is 10.0. The highest BCUT2D eigenvalue weighted by Gasteiger charge is 1.90. The predicted octanol–water partition coefficient (Wildman–Crippen LogP) is 3.76. The quantitative estimate of drug-likeness (QED) is 0.708. The van der Waals surface area contributed by atoms with Crippen LogP contribution in [0.3, 0.4) is 0 Å². The van der Waals surface area contributed by atoms with E-state index in [4.69, 9.17) is 11.6 Å². The zero-order valence-electron chi connectivity index (χ0n) is 7.72. The molecule has 0 aliphatic carbocycles. The Morgan fingerprint density at radius 2 is 1.85 bits per heavy atom. The van der Waals surface area contributed by atoms with Crippen molar-refractivity contribution in [3.8, 4) is 0 Å². The maximum Gasteiger partial charge on any atom is 0.0407 e. The Kier molecular flexibility index (Phi) is 4.69. The SMILES string of the molecule is [CH2]CCCCNc1ccc(Cl)cc1. The highest BCUT2D eigenvalue weighted by Crippen LogP contribution is 2.13. The number of benzene rings is 1. The van der Waals surface area contributed by atoms with Crippen LogP contribution in [0.4, 0.5) is 5.69 Å². The van der Waals surface area contributed by atoms with Gasteiger partial charge in [0, 0.05) is 17.3 Å². The molecule has 1 aromatic carbocycles. The number of hydrogen-bond donors (Lipinski definition) is 1. The van der Waals surface area contributed by atoms with E-state index in [1.54, 1.807) is 0 Å². The van der Waals surface area contributed by atoms with Crippen LogP contribution < -0.4 is 5.32 Å². The fourth-order valence-electron chi connectivity index (χ4n) is 1.10. The van der Waals surface area contributed by atoms with E-state index < -0.39 is 0 Å². The van der Waals surface area contributed by atoms with Gasteiger partial charge in [-0.3, -0.25) is 0 Å². The lowest BCUT2D eigenvalue weighted by Crippen LogP contribution is -2.00. The molecule has 0 aliphatic heterocycles. The zero-order chi connectivity index (χ0) is 9.52. The van der Waals surface area contributed by atoms with Crippen molar-refractivity contribution in [1.29, 1.82) is 0 Å². The van der Waals surface area contributed by atoms with Crippen molar-refractivity contribution >= 4 is 17.3 Å². The Morgan fingerprint density at radius 3 is 2.46 bits per heavy atom. The average molecular weight is 197 g/mol. The van der Waals surface area contributed by atoms with Gasteiger partial charge in [-0.25, -0.2) is 0 Å². The van der Waals surface area contributed by atoms with Crippen molar-refractivity contribution in [2.75, 3.05) is 11.9 Å². The van der Waals surface area contributed by atoms with Crippen molar-refractivity contribution in [2.45, 2.75) is 19.3 Å². The van der Waals surface area contributed by atoms with Gasteiger partial charge in [-0.15, -0.1) is 0 Å². The Bertz CT molecular complexity index is 230. The molecule has 1 N–H and O–H groups in total. The van der Waals surface area contributed by atoms with Crippen LogP contribution in [-0.2, 0) is 0 Å². The maximum atomic E-state index is 5.76. The maximum absolute atomic E-state index is 5.76. The minimum absolute atomic E-state index is 0.781. The Morgan fingerprint density at radius 1 is 1.15 bits per heavy atom. The summed E-state index contributed by atoms with van der Waals surface area (Å²) >= 11 is 5.76. The van der Waals surface area contributed by atoms with Gasteiger partial charge in [0.15, 0.2) is 0 Å². The Hall–Kier alpha value is -0.690. The third-order valence-corrected chi connectivity index (χ3v) is 2.10. The van der Waals surface area contributed by atoms with Gasteiger partial charge < -0.3 is 5.32 Å². The van der Waals surface area contributed by atoms with Gasteiger partial charge in [-0.1, -0.05) is 31.4 Å². The van der Waals surface area contributed by atoms with Crippen LogP contribution in [0.5, 0.6) is 0 Å². The molecular weight excluding hydrogens is 182 g/mol. The summed E-state index contributed by atoms with van der Waals surface area (Å²) in [5.41, 5.74) is 1.13. The van der Waals surface area contributed by atoms with Crippen molar-refractivity contribution in [1.82, 2.24) is 0 Å². The summed E-state index contributed by atoms with van der Waals surface area (Å²) in [6.45, 7) is 4.81. The minimum atomic E-state index is 0.781. The Labute approximate surface area is 85.1 Å². The van der Waals surface area contributed by atoms with E-state index in [9.17, 15) is 0 Å². The lowest BCUT2D eigenvalue weighted by molar-refractivity contribution is 0.777. The van der Waals surface area contributed by atoms with E-state index in [2.05, 4.69) is 12.2 Å². The largest absolute Gasteiger partial charge is 0.385 e. The molecule has 0 aromatic heterocycles. The summed E-state index contributed by atoms with van der Waals surface area (Å²) in [5, 5.41) is 4.10. The average Bonchev–Trinajstić information content (AvgIpc) is 2.15. The van der Waals surface area contributed by atoms with E-state index in [0.29, 0.717) is 0 Å². The molecule has 0 atom stereocenters. The summed E-state index contributed by atoms with van der Waals surface area (Å²) in [7, 11) is 0. The second-order valence-electron chi connectivity index (χ2n) is 2.99. The summed E-state index contributed by atoms with van der Waals surface area (Å²) in [6, 6.07) is 7.77. The van der Waals surface area contributed by atoms with Crippen molar-refractivity contribution in [2.24, 2.45) is 0 Å². The number of hydrogen-bond acceptors (Lipinski definition) is 1. The smallest absolute Gasteiger partial charge is 0.0407 e. The molecule has 2 heteroatoms. The summed E-state index contributed by atoms with van der Waals surface area (Å²) < 4.78 is 0. The molecule has 0 bridgehead atoms. The van der Waals surface area contributed by atoms with Crippen molar-refractivity contribution in [3.63, 3.8) is 0 Å². The van der Waals surface area contributed by atoms with E-state index in [1.807, 2.05) is 24.3 Å². The van der Waals surface area contributed by atoms with Crippen LogP contribution in [0.25, 0.3) is 0 Å². The summed E-state index contributed by atoms with van der Waals surface area (Å²) in [6.07, 6.45) is 3.37. The molecule has 0 saturated heterocycles. The molecule has 1 radical (unpaired) electrons. The van der Waals surface area contributed by atoms with Crippen molar-refractivity contribution in [3.05, 3.63) is 36.2 Å². The van der Waals surface area contributed by atoms with Gasteiger partial charge >= 0.3 is 0 Å². The first kappa shape index (κ1) is 10.4. The highest BCUT2D eigenvalue weighted by atomic mass is 35.5. The van der Waals surface area contributed by atoms with Crippen LogP contribution >= 0.6 is 11.6 Å². The van der Waals surface area contributed by atoms with Gasteiger partial charge in [0.2, 0.25) is 0 Å². The molecule has 0 fully saturated rings. The topological polar surface area (TPSA) is 12.0 Å². The number of unbranched alkanes of at least 4 members (excludes halogenated alkanes) is 2. The first-order valence-corrected chi connectivity index (χ1v) is 4.99. The third kappa shape index (κ3) is 4.18. The molecule has 71 valence electrons. The highest BCUT2D eigenvalue weighted by molar-refractivity contribution is 6.30. The van der Waals surface area contributed by atoms with Crippen LogP contribution in [0, 0.1) is 6.92 Å². The molecule has 0 unspecified atom stereocenters. The molecule has 13 heavy (non-hydrogen) atoms. The fraction of sp³-hybridized carbons (Fsp3) is 0.364. The fourth-order valence-corrected chi connectivity index (χ4v) is 1.23. The van der Waals surface area contributed by atoms with E-state index in [-0.39, 0.29) is 0 Å². The van der Waals surface area contributed by atoms with Crippen LogP contribution in [0.15, 0.2) is 24.3 Å². The zero-order valence-corrected chi connectivity index (χ0v) is 8.48. The third-order valence-electron chi connectivity index (χ3n) is 1.85. The van der Waals surface area contributed by atoms with Gasteiger partial charge in [0.25, 0.3) is 0 Å².